The van der Waals surface area contributed by atoms with Gasteiger partial charge < -0.3 is 4.90 Å². The highest BCUT2D eigenvalue weighted by Gasteiger charge is 2.25. The van der Waals surface area contributed by atoms with E-state index in [4.69, 9.17) is 0 Å². The molecule has 1 aliphatic rings. The Morgan fingerprint density at radius 3 is 2.58 bits per heavy atom. The van der Waals surface area contributed by atoms with Gasteiger partial charge in [-0.1, -0.05) is 18.2 Å². The van der Waals surface area contributed by atoms with E-state index >= 15 is 0 Å². The van der Waals surface area contributed by atoms with E-state index in [0.717, 1.165) is 24.2 Å². The van der Waals surface area contributed by atoms with Gasteiger partial charge >= 0.3 is 0 Å². The fourth-order valence-corrected chi connectivity index (χ4v) is 1.24. The van der Waals surface area contributed by atoms with Gasteiger partial charge in [-0.2, -0.15) is 0 Å². The number of carbonyl (C=O) groups excluding carboxylic acids is 1. The number of rotatable bonds is 1. The average Bonchev–Trinajstić information content (AvgIpc) is 2.86. The normalized spacial score (nSPS) is 14.6. The fraction of sp³-hybridized carbons (Fsp3) is 0.300. The summed E-state index contributed by atoms with van der Waals surface area (Å²) in [5.41, 5.74) is 1.91. The van der Waals surface area contributed by atoms with Crippen molar-refractivity contribution in [3.05, 3.63) is 35.4 Å². The second-order valence-electron chi connectivity index (χ2n) is 3.11. The van der Waals surface area contributed by atoms with Crippen LogP contribution in [0.2, 0.25) is 0 Å². The van der Waals surface area contributed by atoms with Crippen LogP contribution in [-0.2, 0) is 0 Å². The summed E-state index contributed by atoms with van der Waals surface area (Å²) >= 11 is 0. The monoisotopic (exact) mass is 161 g/mol. The van der Waals surface area contributed by atoms with E-state index in [1.165, 1.54) is 0 Å². The Balaban J connectivity index is 2.32. The largest absolute Gasteiger partial charge is 0.335 e. The van der Waals surface area contributed by atoms with E-state index in [1.807, 2.05) is 36.1 Å². The van der Waals surface area contributed by atoms with Crippen LogP contribution in [-0.4, -0.2) is 23.9 Å². The van der Waals surface area contributed by atoms with Crippen LogP contribution in [0, 0.1) is 6.92 Å². The van der Waals surface area contributed by atoms with Crippen LogP contribution >= 0.6 is 0 Å². The van der Waals surface area contributed by atoms with Crippen LogP contribution in [0.3, 0.4) is 0 Å². The van der Waals surface area contributed by atoms with E-state index in [-0.39, 0.29) is 5.91 Å². The second kappa shape index (κ2) is 2.63. The van der Waals surface area contributed by atoms with Gasteiger partial charge in [0.1, 0.15) is 0 Å². The third-order valence-corrected chi connectivity index (χ3v) is 2.11. The van der Waals surface area contributed by atoms with Crippen molar-refractivity contribution in [3.8, 4) is 0 Å². The predicted molar refractivity (Wildman–Crippen MR) is 47.1 cm³/mol. The van der Waals surface area contributed by atoms with E-state index in [2.05, 4.69) is 0 Å². The highest BCUT2D eigenvalue weighted by Crippen LogP contribution is 2.14. The van der Waals surface area contributed by atoms with Crippen molar-refractivity contribution in [3.63, 3.8) is 0 Å². The Hall–Kier alpha value is -1.31. The summed E-state index contributed by atoms with van der Waals surface area (Å²) in [4.78, 5) is 13.4. The number of aryl methyl sites for hydroxylation is 1. The Morgan fingerprint density at radius 1 is 1.33 bits per heavy atom. The van der Waals surface area contributed by atoms with Crippen LogP contribution in [0.15, 0.2) is 24.3 Å². The van der Waals surface area contributed by atoms with Crippen molar-refractivity contribution < 1.29 is 4.79 Å². The molecular weight excluding hydrogens is 150 g/mol. The standard InChI is InChI=1S/C10H11NO/c1-8-4-2-3-5-9(8)10(12)11-6-7-11/h2-5H,6-7H2,1H3. The Kier molecular flexibility index (Phi) is 1.61. The minimum atomic E-state index is 0.174. The first-order chi connectivity index (χ1) is 5.79. The lowest BCUT2D eigenvalue weighted by Gasteiger charge is -2.03. The Labute approximate surface area is 71.8 Å². The molecule has 0 radical (unpaired) electrons. The van der Waals surface area contributed by atoms with Crippen LogP contribution < -0.4 is 0 Å². The van der Waals surface area contributed by atoms with Gasteiger partial charge in [0.05, 0.1) is 0 Å². The zero-order valence-corrected chi connectivity index (χ0v) is 7.08. The molecule has 0 atom stereocenters. The van der Waals surface area contributed by atoms with Gasteiger partial charge in [-0.25, -0.2) is 0 Å². The molecule has 0 unspecified atom stereocenters. The van der Waals surface area contributed by atoms with Crippen LogP contribution in [0.5, 0.6) is 0 Å². The lowest BCUT2D eigenvalue weighted by molar-refractivity contribution is 0.0885. The Bertz CT molecular complexity index is 315. The summed E-state index contributed by atoms with van der Waals surface area (Å²) in [5.74, 6) is 0.174. The minimum Gasteiger partial charge on any atom is -0.335 e. The molecule has 1 aromatic carbocycles. The molecule has 0 N–H and O–H groups in total. The molecular formula is C10H11NO. The first-order valence-corrected chi connectivity index (χ1v) is 4.14. The van der Waals surface area contributed by atoms with Gasteiger partial charge in [0, 0.05) is 18.7 Å². The molecule has 0 saturated carbocycles. The number of benzene rings is 1. The molecule has 62 valence electrons. The third kappa shape index (κ3) is 1.20. The number of carbonyl (C=O) groups is 1. The molecule has 12 heavy (non-hydrogen) atoms. The topological polar surface area (TPSA) is 20.1 Å². The molecule has 0 aliphatic carbocycles. The lowest BCUT2D eigenvalue weighted by atomic mass is 10.1. The fourth-order valence-electron chi connectivity index (χ4n) is 1.24. The summed E-state index contributed by atoms with van der Waals surface area (Å²) in [6, 6.07) is 7.71. The summed E-state index contributed by atoms with van der Waals surface area (Å²) < 4.78 is 0. The molecule has 1 saturated heterocycles. The lowest BCUT2D eigenvalue weighted by Crippen LogP contribution is -2.11. The smallest absolute Gasteiger partial charge is 0.254 e. The maximum Gasteiger partial charge on any atom is 0.254 e. The second-order valence-corrected chi connectivity index (χ2v) is 3.11. The molecule has 1 heterocycles. The maximum absolute atomic E-state index is 11.6. The number of nitrogens with zero attached hydrogens (tertiary/aromatic N) is 1. The molecule has 0 spiro atoms. The molecule has 1 aliphatic heterocycles. The van der Waals surface area contributed by atoms with Crippen LogP contribution in [0.1, 0.15) is 15.9 Å². The van der Waals surface area contributed by atoms with E-state index < -0.39 is 0 Å². The SMILES string of the molecule is Cc1ccccc1C(=O)N1CC1. The van der Waals surface area contributed by atoms with Gasteiger partial charge in [-0.3, -0.25) is 4.79 Å². The Morgan fingerprint density at radius 2 is 2.00 bits per heavy atom. The average molecular weight is 161 g/mol. The van der Waals surface area contributed by atoms with Crippen LogP contribution in [0.4, 0.5) is 0 Å². The van der Waals surface area contributed by atoms with Gasteiger partial charge in [0.2, 0.25) is 0 Å². The highest BCUT2D eigenvalue weighted by molar-refractivity contribution is 5.96. The zero-order valence-electron chi connectivity index (χ0n) is 7.08. The first-order valence-electron chi connectivity index (χ1n) is 4.14. The number of amides is 1. The molecule has 2 rings (SSSR count). The minimum absolute atomic E-state index is 0.174. The molecule has 1 amide bonds. The van der Waals surface area contributed by atoms with Crippen molar-refractivity contribution in [1.82, 2.24) is 4.90 Å². The van der Waals surface area contributed by atoms with Crippen molar-refractivity contribution in [2.45, 2.75) is 6.92 Å². The van der Waals surface area contributed by atoms with Crippen molar-refractivity contribution in [2.75, 3.05) is 13.1 Å². The quantitative estimate of drug-likeness (QED) is 0.571. The van der Waals surface area contributed by atoms with Gasteiger partial charge in [0.25, 0.3) is 5.91 Å². The summed E-state index contributed by atoms with van der Waals surface area (Å²) in [5, 5.41) is 0. The summed E-state index contributed by atoms with van der Waals surface area (Å²) in [6.45, 7) is 3.82. The first kappa shape index (κ1) is 7.35. The third-order valence-electron chi connectivity index (χ3n) is 2.11. The van der Waals surface area contributed by atoms with Crippen LogP contribution in [0.25, 0.3) is 0 Å². The number of hydrogen-bond donors (Lipinski definition) is 0. The molecule has 1 fully saturated rings. The van der Waals surface area contributed by atoms with Crippen molar-refractivity contribution in [2.24, 2.45) is 0 Å². The van der Waals surface area contributed by atoms with E-state index in [9.17, 15) is 4.79 Å². The summed E-state index contributed by atoms with van der Waals surface area (Å²) in [7, 11) is 0. The highest BCUT2D eigenvalue weighted by atomic mass is 16.2. The molecule has 1 aromatic rings. The van der Waals surface area contributed by atoms with Gasteiger partial charge in [0.15, 0.2) is 0 Å². The van der Waals surface area contributed by atoms with Gasteiger partial charge in [-0.05, 0) is 18.6 Å². The zero-order chi connectivity index (χ0) is 8.55. The molecule has 2 nitrogen and oxygen atoms in total. The molecule has 0 bridgehead atoms. The molecule has 0 aromatic heterocycles. The predicted octanol–water partition coefficient (Wildman–Crippen LogP) is 1.45. The van der Waals surface area contributed by atoms with E-state index in [1.54, 1.807) is 0 Å². The molecule has 2 heteroatoms. The summed E-state index contributed by atoms with van der Waals surface area (Å²) in [6.07, 6.45) is 0. The number of hydrogen-bond acceptors (Lipinski definition) is 1. The van der Waals surface area contributed by atoms with E-state index in [0.29, 0.717) is 0 Å². The maximum atomic E-state index is 11.6. The van der Waals surface area contributed by atoms with Gasteiger partial charge in [-0.15, -0.1) is 0 Å². The van der Waals surface area contributed by atoms with Crippen molar-refractivity contribution >= 4 is 5.91 Å². The van der Waals surface area contributed by atoms with Crippen molar-refractivity contribution in [1.29, 1.82) is 0 Å².